The predicted molar refractivity (Wildman–Crippen MR) is 98.3 cm³/mol. The van der Waals surface area contributed by atoms with Crippen LogP contribution in [-0.4, -0.2) is 51.4 Å². The third-order valence-electron chi connectivity index (χ3n) is 4.33. The van der Waals surface area contributed by atoms with Crippen LogP contribution < -0.4 is 10.6 Å². The van der Waals surface area contributed by atoms with Gasteiger partial charge in [0.05, 0.1) is 22.9 Å². The van der Waals surface area contributed by atoms with Crippen molar-refractivity contribution in [3.8, 4) is 0 Å². The van der Waals surface area contributed by atoms with Crippen LogP contribution in [0.4, 0.5) is 16.3 Å². The molecule has 138 valence electrons. The Labute approximate surface area is 155 Å². The van der Waals surface area contributed by atoms with Gasteiger partial charge in [-0.3, -0.25) is 10.1 Å². The van der Waals surface area contributed by atoms with Crippen LogP contribution >= 0.6 is 11.6 Å². The van der Waals surface area contributed by atoms with E-state index in [2.05, 4.69) is 15.7 Å². The van der Waals surface area contributed by atoms with Crippen molar-refractivity contribution in [3.63, 3.8) is 0 Å². The number of para-hydroxylation sites is 1. The van der Waals surface area contributed by atoms with Crippen LogP contribution in [0.2, 0.25) is 5.02 Å². The molecule has 1 aliphatic rings. The van der Waals surface area contributed by atoms with Crippen molar-refractivity contribution < 1.29 is 14.7 Å². The standard InChI is InChI=1S/C17H20ClN5O3/c18-13-3-1-2-4-14(13)20-17(26)21-15-5-8-19-23(15)12-6-9-22(10-7-12)16(25)11-24/h1-5,8,12,24H,6-7,9-11H2,(H2,20,21,26). The molecule has 8 nitrogen and oxygen atoms in total. The minimum atomic E-state index is -0.471. The van der Waals surface area contributed by atoms with E-state index in [1.165, 1.54) is 0 Å². The number of benzene rings is 1. The van der Waals surface area contributed by atoms with Gasteiger partial charge in [0, 0.05) is 19.2 Å². The Hall–Kier alpha value is -2.58. The summed E-state index contributed by atoms with van der Waals surface area (Å²) in [4.78, 5) is 25.4. The van der Waals surface area contributed by atoms with Gasteiger partial charge in [-0.15, -0.1) is 0 Å². The van der Waals surface area contributed by atoms with Crippen LogP contribution in [0.1, 0.15) is 18.9 Å². The number of hydrogen-bond donors (Lipinski definition) is 3. The number of aliphatic hydroxyl groups is 1. The summed E-state index contributed by atoms with van der Waals surface area (Å²) < 4.78 is 1.76. The lowest BCUT2D eigenvalue weighted by molar-refractivity contribution is -0.135. The second-order valence-electron chi connectivity index (χ2n) is 5.99. The number of aromatic nitrogens is 2. The fourth-order valence-electron chi connectivity index (χ4n) is 3.00. The molecular formula is C17H20ClN5O3. The van der Waals surface area contributed by atoms with Crippen LogP contribution in [0, 0.1) is 0 Å². The van der Waals surface area contributed by atoms with Crippen molar-refractivity contribution in [2.75, 3.05) is 30.3 Å². The first-order chi connectivity index (χ1) is 12.6. The number of carbonyl (C=O) groups excluding carboxylic acids is 2. The molecule has 0 radical (unpaired) electrons. The summed E-state index contributed by atoms with van der Waals surface area (Å²) in [7, 11) is 0. The van der Waals surface area contributed by atoms with E-state index in [4.69, 9.17) is 16.7 Å². The number of amides is 3. The Morgan fingerprint density at radius 3 is 2.62 bits per heavy atom. The Bertz CT molecular complexity index is 786. The highest BCUT2D eigenvalue weighted by atomic mass is 35.5. The van der Waals surface area contributed by atoms with Crippen molar-refractivity contribution in [2.45, 2.75) is 18.9 Å². The monoisotopic (exact) mass is 377 g/mol. The summed E-state index contributed by atoms with van der Waals surface area (Å²) in [6.45, 7) is 0.631. The molecule has 1 saturated heterocycles. The lowest BCUT2D eigenvalue weighted by Gasteiger charge is -2.32. The molecule has 0 spiro atoms. The maximum absolute atomic E-state index is 12.2. The maximum Gasteiger partial charge on any atom is 0.324 e. The van der Waals surface area contributed by atoms with E-state index < -0.39 is 12.6 Å². The molecule has 0 bridgehead atoms. The number of carbonyl (C=O) groups is 2. The molecule has 0 unspecified atom stereocenters. The Morgan fingerprint density at radius 2 is 1.92 bits per heavy atom. The number of likely N-dealkylation sites (tertiary alicyclic amines) is 1. The zero-order valence-electron chi connectivity index (χ0n) is 14.1. The zero-order valence-corrected chi connectivity index (χ0v) is 14.8. The number of anilines is 2. The molecule has 0 saturated carbocycles. The average Bonchev–Trinajstić information content (AvgIpc) is 3.11. The van der Waals surface area contributed by atoms with Gasteiger partial charge in [0.15, 0.2) is 0 Å². The van der Waals surface area contributed by atoms with Crippen LogP contribution in [-0.2, 0) is 4.79 Å². The number of piperidine rings is 1. The number of nitrogens with one attached hydrogen (secondary N) is 2. The molecule has 3 N–H and O–H groups in total. The van der Waals surface area contributed by atoms with Crippen molar-refractivity contribution in [2.24, 2.45) is 0 Å². The first kappa shape index (κ1) is 18.2. The zero-order chi connectivity index (χ0) is 18.5. The number of rotatable bonds is 4. The first-order valence-corrected chi connectivity index (χ1v) is 8.71. The van der Waals surface area contributed by atoms with E-state index in [0.717, 1.165) is 0 Å². The highest BCUT2D eigenvalue weighted by Crippen LogP contribution is 2.26. The summed E-state index contributed by atoms with van der Waals surface area (Å²) in [6, 6.07) is 8.37. The fourth-order valence-corrected chi connectivity index (χ4v) is 3.18. The normalized spacial score (nSPS) is 14.9. The SMILES string of the molecule is O=C(Nc1ccccc1Cl)Nc1ccnn1C1CCN(C(=O)CO)CC1. The second kappa shape index (κ2) is 8.20. The van der Waals surface area contributed by atoms with Crippen molar-refractivity contribution in [1.29, 1.82) is 0 Å². The van der Waals surface area contributed by atoms with E-state index in [1.54, 1.807) is 46.1 Å². The van der Waals surface area contributed by atoms with Gasteiger partial charge < -0.3 is 15.3 Å². The summed E-state index contributed by atoms with van der Waals surface area (Å²) in [5.74, 6) is 0.308. The molecular weight excluding hydrogens is 358 g/mol. The van der Waals surface area contributed by atoms with Gasteiger partial charge in [0.25, 0.3) is 0 Å². The van der Waals surface area contributed by atoms with Crippen LogP contribution in [0.3, 0.4) is 0 Å². The summed E-state index contributed by atoms with van der Waals surface area (Å²) in [5, 5.41) is 19.2. The lowest BCUT2D eigenvalue weighted by Crippen LogP contribution is -2.40. The summed E-state index contributed by atoms with van der Waals surface area (Å²) in [6.07, 6.45) is 3.03. The highest BCUT2D eigenvalue weighted by molar-refractivity contribution is 6.33. The minimum Gasteiger partial charge on any atom is -0.387 e. The molecule has 0 atom stereocenters. The van der Waals surface area contributed by atoms with Gasteiger partial charge >= 0.3 is 6.03 Å². The second-order valence-corrected chi connectivity index (χ2v) is 6.40. The van der Waals surface area contributed by atoms with E-state index >= 15 is 0 Å². The van der Waals surface area contributed by atoms with Gasteiger partial charge in [-0.1, -0.05) is 23.7 Å². The Kier molecular flexibility index (Phi) is 5.75. The topological polar surface area (TPSA) is 99.5 Å². The van der Waals surface area contributed by atoms with E-state index in [0.29, 0.717) is 42.5 Å². The molecule has 1 aromatic heterocycles. The largest absolute Gasteiger partial charge is 0.387 e. The van der Waals surface area contributed by atoms with Gasteiger partial charge in [-0.25, -0.2) is 9.48 Å². The van der Waals surface area contributed by atoms with Crippen molar-refractivity contribution in [3.05, 3.63) is 41.6 Å². The van der Waals surface area contributed by atoms with E-state index in [9.17, 15) is 9.59 Å². The molecule has 3 rings (SSSR count). The Balaban J connectivity index is 1.61. The van der Waals surface area contributed by atoms with Gasteiger partial charge in [-0.2, -0.15) is 5.10 Å². The van der Waals surface area contributed by atoms with Crippen LogP contribution in [0.15, 0.2) is 36.5 Å². The average molecular weight is 378 g/mol. The number of hydrogen-bond acceptors (Lipinski definition) is 4. The molecule has 1 aliphatic heterocycles. The predicted octanol–water partition coefficient (Wildman–Crippen LogP) is 2.34. The molecule has 3 amide bonds. The third-order valence-corrected chi connectivity index (χ3v) is 4.66. The highest BCUT2D eigenvalue weighted by Gasteiger charge is 2.25. The third kappa shape index (κ3) is 4.14. The number of urea groups is 1. The van der Waals surface area contributed by atoms with Gasteiger partial charge in [-0.05, 0) is 25.0 Å². The molecule has 26 heavy (non-hydrogen) atoms. The quantitative estimate of drug-likeness (QED) is 0.761. The molecule has 1 aromatic carbocycles. The minimum absolute atomic E-state index is 0.0726. The smallest absolute Gasteiger partial charge is 0.324 e. The summed E-state index contributed by atoms with van der Waals surface area (Å²) in [5.41, 5.74) is 0.522. The molecule has 2 aromatic rings. The maximum atomic E-state index is 12.2. The first-order valence-electron chi connectivity index (χ1n) is 8.33. The lowest BCUT2D eigenvalue weighted by atomic mass is 10.1. The van der Waals surface area contributed by atoms with Crippen LogP contribution in [0.5, 0.6) is 0 Å². The molecule has 0 aliphatic carbocycles. The molecule has 9 heteroatoms. The van der Waals surface area contributed by atoms with E-state index in [-0.39, 0.29) is 11.9 Å². The Morgan fingerprint density at radius 1 is 1.19 bits per heavy atom. The molecule has 2 heterocycles. The van der Waals surface area contributed by atoms with Crippen LogP contribution in [0.25, 0.3) is 0 Å². The number of aliphatic hydroxyl groups excluding tert-OH is 1. The molecule has 1 fully saturated rings. The van der Waals surface area contributed by atoms with Gasteiger partial charge in [0.1, 0.15) is 12.4 Å². The number of nitrogens with zero attached hydrogens (tertiary/aromatic N) is 3. The summed E-state index contributed by atoms with van der Waals surface area (Å²) >= 11 is 6.04. The number of halogens is 1. The van der Waals surface area contributed by atoms with Crippen molar-refractivity contribution in [1.82, 2.24) is 14.7 Å². The van der Waals surface area contributed by atoms with Gasteiger partial charge in [0.2, 0.25) is 5.91 Å². The van der Waals surface area contributed by atoms with E-state index in [1.807, 2.05) is 0 Å². The van der Waals surface area contributed by atoms with Crippen molar-refractivity contribution >= 4 is 35.0 Å². The fraction of sp³-hybridized carbons (Fsp3) is 0.353.